The standard InChI is InChI=1S/C15H17N3OS2/c1-9-13-14(10-4-6-11(20-3)7-5-10)21-8-12(19)16-15(13)18(2)17-9/h4-7,14H,8H2,1-3H3,(H,16,19)/t14-/m1/s1. The first kappa shape index (κ1) is 14.5. The van der Waals surface area contributed by atoms with Gasteiger partial charge in [-0.15, -0.1) is 23.5 Å². The van der Waals surface area contributed by atoms with Crippen LogP contribution in [0.5, 0.6) is 0 Å². The first-order chi connectivity index (χ1) is 10.1. The Hall–Kier alpha value is -1.40. The van der Waals surface area contributed by atoms with E-state index in [2.05, 4.69) is 40.9 Å². The van der Waals surface area contributed by atoms with Crippen LogP contribution in [-0.4, -0.2) is 27.7 Å². The number of rotatable bonds is 2. The molecule has 1 aromatic carbocycles. The minimum absolute atomic E-state index is 0.0347. The number of nitrogens with zero attached hydrogens (tertiary/aromatic N) is 2. The molecule has 0 fully saturated rings. The minimum Gasteiger partial charge on any atom is -0.310 e. The number of carbonyl (C=O) groups excluding carboxylic acids is 1. The van der Waals surface area contributed by atoms with Gasteiger partial charge in [0, 0.05) is 17.5 Å². The van der Waals surface area contributed by atoms with E-state index in [0.717, 1.165) is 17.1 Å². The molecule has 2 heterocycles. The molecule has 1 atom stereocenters. The zero-order valence-electron chi connectivity index (χ0n) is 12.2. The molecule has 0 saturated heterocycles. The van der Waals surface area contributed by atoms with Crippen molar-refractivity contribution in [1.82, 2.24) is 9.78 Å². The van der Waals surface area contributed by atoms with Gasteiger partial charge < -0.3 is 5.32 Å². The summed E-state index contributed by atoms with van der Waals surface area (Å²) in [6.45, 7) is 2.00. The van der Waals surface area contributed by atoms with Crippen LogP contribution < -0.4 is 5.32 Å². The fourth-order valence-corrected chi connectivity index (χ4v) is 4.19. The number of aryl methyl sites for hydroxylation is 2. The van der Waals surface area contributed by atoms with Gasteiger partial charge in [0.25, 0.3) is 0 Å². The Kier molecular flexibility index (Phi) is 3.99. The van der Waals surface area contributed by atoms with Gasteiger partial charge in [-0.2, -0.15) is 5.10 Å². The van der Waals surface area contributed by atoms with Crippen LogP contribution >= 0.6 is 23.5 Å². The maximum absolute atomic E-state index is 11.9. The normalized spacial score (nSPS) is 18.0. The monoisotopic (exact) mass is 319 g/mol. The van der Waals surface area contributed by atoms with E-state index in [9.17, 15) is 4.79 Å². The molecule has 1 aliphatic rings. The van der Waals surface area contributed by atoms with Gasteiger partial charge in [-0.1, -0.05) is 12.1 Å². The molecule has 1 N–H and O–H groups in total. The maximum Gasteiger partial charge on any atom is 0.235 e. The summed E-state index contributed by atoms with van der Waals surface area (Å²) in [5.41, 5.74) is 3.30. The third kappa shape index (κ3) is 2.70. The fraction of sp³-hybridized carbons (Fsp3) is 0.333. The maximum atomic E-state index is 11.9. The van der Waals surface area contributed by atoms with Crippen LogP contribution in [0.3, 0.4) is 0 Å². The molecule has 0 bridgehead atoms. The summed E-state index contributed by atoms with van der Waals surface area (Å²) in [4.78, 5) is 13.2. The molecule has 0 radical (unpaired) electrons. The second-order valence-corrected chi connectivity index (χ2v) is 6.96. The fourth-order valence-electron chi connectivity index (χ4n) is 2.59. The van der Waals surface area contributed by atoms with Crippen molar-refractivity contribution < 1.29 is 4.79 Å². The zero-order chi connectivity index (χ0) is 15.0. The van der Waals surface area contributed by atoms with Crippen LogP contribution in [0, 0.1) is 6.92 Å². The smallest absolute Gasteiger partial charge is 0.235 e. The Morgan fingerprint density at radius 1 is 1.38 bits per heavy atom. The lowest BCUT2D eigenvalue weighted by Crippen LogP contribution is -2.15. The van der Waals surface area contributed by atoms with E-state index in [1.165, 1.54) is 10.5 Å². The molecule has 0 spiro atoms. The van der Waals surface area contributed by atoms with Crippen molar-refractivity contribution in [3.8, 4) is 0 Å². The van der Waals surface area contributed by atoms with Crippen LogP contribution in [-0.2, 0) is 11.8 Å². The first-order valence-electron chi connectivity index (χ1n) is 6.69. The van der Waals surface area contributed by atoms with Crippen LogP contribution in [0.2, 0.25) is 0 Å². The highest BCUT2D eigenvalue weighted by Crippen LogP contribution is 2.43. The van der Waals surface area contributed by atoms with Crippen molar-refractivity contribution in [2.24, 2.45) is 7.05 Å². The van der Waals surface area contributed by atoms with E-state index in [-0.39, 0.29) is 11.2 Å². The second kappa shape index (κ2) is 5.77. The number of fused-ring (bicyclic) bond motifs is 1. The number of hydrogen-bond acceptors (Lipinski definition) is 4. The Morgan fingerprint density at radius 2 is 2.10 bits per heavy atom. The molecule has 0 unspecified atom stereocenters. The first-order valence-corrected chi connectivity index (χ1v) is 8.96. The lowest BCUT2D eigenvalue weighted by Gasteiger charge is -2.15. The number of benzene rings is 1. The van der Waals surface area contributed by atoms with Crippen molar-refractivity contribution in [2.75, 3.05) is 17.3 Å². The molecule has 110 valence electrons. The number of thioether (sulfide) groups is 2. The van der Waals surface area contributed by atoms with Crippen molar-refractivity contribution in [3.05, 3.63) is 41.1 Å². The summed E-state index contributed by atoms with van der Waals surface area (Å²) >= 11 is 3.39. The highest BCUT2D eigenvalue weighted by atomic mass is 32.2. The molecular formula is C15H17N3OS2. The average Bonchev–Trinajstić information content (AvgIpc) is 2.66. The van der Waals surface area contributed by atoms with Crippen LogP contribution in [0.1, 0.15) is 22.1 Å². The topological polar surface area (TPSA) is 46.9 Å². The van der Waals surface area contributed by atoms with Crippen LogP contribution in [0.4, 0.5) is 5.82 Å². The quantitative estimate of drug-likeness (QED) is 0.863. The number of aromatic nitrogens is 2. The van der Waals surface area contributed by atoms with Gasteiger partial charge in [-0.25, -0.2) is 0 Å². The molecule has 3 rings (SSSR count). The Morgan fingerprint density at radius 3 is 2.76 bits per heavy atom. The summed E-state index contributed by atoms with van der Waals surface area (Å²) in [5, 5.41) is 7.58. The predicted octanol–water partition coefficient (Wildman–Crippen LogP) is 3.23. The largest absolute Gasteiger partial charge is 0.310 e. The molecule has 4 nitrogen and oxygen atoms in total. The summed E-state index contributed by atoms with van der Waals surface area (Å²) in [5.74, 6) is 1.32. The summed E-state index contributed by atoms with van der Waals surface area (Å²) in [6.07, 6.45) is 2.07. The SMILES string of the molecule is CSc1ccc([C@H]2SCC(=O)Nc3c2c(C)nn3C)cc1. The highest BCUT2D eigenvalue weighted by molar-refractivity contribution is 8.00. The Bertz CT molecular complexity index is 679. The van der Waals surface area contributed by atoms with E-state index in [1.54, 1.807) is 28.2 Å². The van der Waals surface area contributed by atoms with Crippen LogP contribution in [0.15, 0.2) is 29.2 Å². The highest BCUT2D eigenvalue weighted by Gasteiger charge is 2.29. The molecule has 0 saturated carbocycles. The van der Waals surface area contributed by atoms with Crippen molar-refractivity contribution in [1.29, 1.82) is 0 Å². The third-order valence-electron chi connectivity index (χ3n) is 3.59. The number of nitrogens with one attached hydrogen (secondary N) is 1. The minimum atomic E-state index is 0.0347. The average molecular weight is 319 g/mol. The van der Waals surface area contributed by atoms with Crippen molar-refractivity contribution >= 4 is 35.2 Å². The van der Waals surface area contributed by atoms with Crippen molar-refractivity contribution in [2.45, 2.75) is 17.1 Å². The lowest BCUT2D eigenvalue weighted by molar-refractivity contribution is -0.113. The molecule has 6 heteroatoms. The zero-order valence-corrected chi connectivity index (χ0v) is 13.8. The molecule has 1 aromatic heterocycles. The van der Waals surface area contributed by atoms with E-state index in [1.807, 2.05) is 14.0 Å². The van der Waals surface area contributed by atoms with Gasteiger partial charge in [-0.05, 0) is 30.9 Å². The molecule has 1 amide bonds. The number of carbonyl (C=O) groups is 1. The second-order valence-electron chi connectivity index (χ2n) is 4.98. The molecule has 2 aromatic rings. The lowest BCUT2D eigenvalue weighted by atomic mass is 10.0. The predicted molar refractivity (Wildman–Crippen MR) is 89.1 cm³/mol. The Balaban J connectivity index is 2.07. The summed E-state index contributed by atoms with van der Waals surface area (Å²) in [6, 6.07) is 8.56. The number of anilines is 1. The van der Waals surface area contributed by atoms with E-state index < -0.39 is 0 Å². The molecular weight excluding hydrogens is 302 g/mol. The molecule has 1 aliphatic heterocycles. The van der Waals surface area contributed by atoms with Gasteiger partial charge in [0.05, 0.1) is 16.7 Å². The Labute approximate surface area is 132 Å². The van der Waals surface area contributed by atoms with Gasteiger partial charge in [0.1, 0.15) is 5.82 Å². The summed E-state index contributed by atoms with van der Waals surface area (Å²) < 4.78 is 1.76. The summed E-state index contributed by atoms with van der Waals surface area (Å²) in [7, 11) is 1.87. The third-order valence-corrected chi connectivity index (χ3v) is 5.60. The van der Waals surface area contributed by atoms with Gasteiger partial charge in [0.2, 0.25) is 5.91 Å². The van der Waals surface area contributed by atoms with Crippen molar-refractivity contribution in [3.63, 3.8) is 0 Å². The van der Waals surface area contributed by atoms with Crippen LogP contribution in [0.25, 0.3) is 0 Å². The van der Waals surface area contributed by atoms with Gasteiger partial charge in [0.15, 0.2) is 0 Å². The molecule has 0 aliphatic carbocycles. The molecule has 21 heavy (non-hydrogen) atoms. The number of amides is 1. The van der Waals surface area contributed by atoms with Gasteiger partial charge >= 0.3 is 0 Å². The van der Waals surface area contributed by atoms with E-state index >= 15 is 0 Å². The van der Waals surface area contributed by atoms with Gasteiger partial charge in [-0.3, -0.25) is 9.48 Å². The van der Waals surface area contributed by atoms with E-state index in [0.29, 0.717) is 5.75 Å². The number of hydrogen-bond donors (Lipinski definition) is 1. The van der Waals surface area contributed by atoms with E-state index in [4.69, 9.17) is 0 Å².